The number of aromatic nitrogens is 1. The average molecular weight is 455 g/mol. The Morgan fingerprint density at radius 2 is 1.75 bits per heavy atom. The molecule has 7 heteroatoms. The molecule has 4 rings (SSSR count). The zero-order valence-electron chi connectivity index (χ0n) is 18.9. The van der Waals surface area contributed by atoms with Crippen molar-refractivity contribution in [2.75, 3.05) is 58.3 Å². The third-order valence-corrected chi connectivity index (χ3v) is 6.62. The summed E-state index contributed by atoms with van der Waals surface area (Å²) in [5.74, 6) is 5.49. The summed E-state index contributed by atoms with van der Waals surface area (Å²) in [6.07, 6.45) is 2.79. The van der Waals surface area contributed by atoms with Gasteiger partial charge in [0.05, 0.1) is 11.3 Å². The number of nitrogens with zero attached hydrogens (tertiary/aromatic N) is 4. The number of benzene rings is 1. The summed E-state index contributed by atoms with van der Waals surface area (Å²) in [4.78, 5) is 11.3. The molecule has 1 aromatic heterocycles. The van der Waals surface area contributed by atoms with E-state index in [4.69, 9.17) is 16.3 Å². The molecule has 0 spiro atoms. The summed E-state index contributed by atoms with van der Waals surface area (Å²) < 4.78 is 5.24. The molecule has 32 heavy (non-hydrogen) atoms. The Hall–Kier alpha value is -2.14. The van der Waals surface area contributed by atoms with E-state index in [9.17, 15) is 5.11 Å². The maximum absolute atomic E-state index is 10.3. The van der Waals surface area contributed by atoms with Crippen LogP contribution in [0.4, 0.5) is 5.69 Å². The van der Waals surface area contributed by atoms with E-state index in [0.29, 0.717) is 31.1 Å². The van der Waals surface area contributed by atoms with Crippen LogP contribution in [-0.4, -0.2) is 79.1 Å². The Morgan fingerprint density at radius 1 is 1.06 bits per heavy atom. The van der Waals surface area contributed by atoms with Gasteiger partial charge in [-0.25, -0.2) is 4.98 Å². The first-order valence-corrected chi connectivity index (χ1v) is 11.5. The van der Waals surface area contributed by atoms with Gasteiger partial charge in [-0.2, -0.15) is 0 Å². The Labute approximate surface area is 195 Å². The monoisotopic (exact) mass is 454 g/mol. The second-order valence-electron chi connectivity index (χ2n) is 8.69. The van der Waals surface area contributed by atoms with Crippen LogP contribution in [0.1, 0.15) is 29.5 Å². The molecule has 0 atom stereocenters. The molecule has 2 saturated heterocycles. The zero-order valence-corrected chi connectivity index (χ0v) is 19.6. The Balaban J connectivity index is 1.44. The molecule has 2 aliphatic heterocycles. The third-order valence-electron chi connectivity index (χ3n) is 6.41. The van der Waals surface area contributed by atoms with Crippen molar-refractivity contribution in [2.45, 2.75) is 25.2 Å². The van der Waals surface area contributed by atoms with Gasteiger partial charge in [-0.1, -0.05) is 35.6 Å². The van der Waals surface area contributed by atoms with E-state index >= 15 is 0 Å². The fourth-order valence-corrected chi connectivity index (χ4v) is 4.33. The van der Waals surface area contributed by atoms with Gasteiger partial charge < -0.3 is 19.6 Å². The van der Waals surface area contributed by atoms with Crippen molar-refractivity contribution in [3.63, 3.8) is 0 Å². The lowest BCUT2D eigenvalue weighted by Crippen LogP contribution is -2.45. The minimum Gasteiger partial charge on any atom is -0.370 e. The van der Waals surface area contributed by atoms with Crippen LogP contribution in [0.2, 0.25) is 5.15 Å². The van der Waals surface area contributed by atoms with Crippen molar-refractivity contribution in [1.29, 1.82) is 0 Å². The van der Waals surface area contributed by atoms with E-state index in [0.717, 1.165) is 49.5 Å². The van der Waals surface area contributed by atoms with Crippen molar-refractivity contribution >= 4 is 17.3 Å². The van der Waals surface area contributed by atoms with Crippen LogP contribution in [0, 0.1) is 11.8 Å². The molecule has 0 amide bonds. The molecule has 0 radical (unpaired) electrons. The van der Waals surface area contributed by atoms with Crippen molar-refractivity contribution in [2.24, 2.45) is 0 Å². The molecule has 2 aliphatic rings. The Morgan fingerprint density at radius 3 is 2.41 bits per heavy atom. The van der Waals surface area contributed by atoms with E-state index in [1.165, 1.54) is 5.56 Å². The summed E-state index contributed by atoms with van der Waals surface area (Å²) in [7, 11) is 3.73. The van der Waals surface area contributed by atoms with Crippen LogP contribution < -0.4 is 4.90 Å². The molecule has 0 bridgehead atoms. The number of aliphatic hydroxyl groups is 1. The number of ether oxygens (including phenoxy) is 1. The summed E-state index contributed by atoms with van der Waals surface area (Å²) in [6.45, 7) is 6.80. The van der Waals surface area contributed by atoms with E-state index in [-0.39, 0.29) is 0 Å². The molecule has 1 aromatic carbocycles. The van der Waals surface area contributed by atoms with Crippen LogP contribution in [0.25, 0.3) is 0 Å². The third kappa shape index (κ3) is 5.80. The molecule has 2 fully saturated rings. The fraction of sp³-hybridized carbons (Fsp3) is 0.480. The second kappa shape index (κ2) is 10.2. The molecular weight excluding hydrogens is 424 g/mol. The lowest BCUT2D eigenvalue weighted by Gasteiger charge is -2.38. The maximum Gasteiger partial charge on any atom is 0.168 e. The smallest absolute Gasteiger partial charge is 0.168 e. The number of anilines is 1. The van der Waals surface area contributed by atoms with Gasteiger partial charge in [0.25, 0.3) is 0 Å². The molecule has 0 unspecified atom stereocenters. The highest BCUT2D eigenvalue weighted by atomic mass is 35.5. The van der Waals surface area contributed by atoms with Crippen molar-refractivity contribution in [1.82, 2.24) is 14.8 Å². The Bertz CT molecular complexity index is 970. The lowest BCUT2D eigenvalue weighted by molar-refractivity contribution is -0.196. The lowest BCUT2D eigenvalue weighted by atomic mass is 10.0. The van der Waals surface area contributed by atoms with E-state index < -0.39 is 5.79 Å². The van der Waals surface area contributed by atoms with Crippen LogP contribution in [0.15, 0.2) is 36.5 Å². The van der Waals surface area contributed by atoms with E-state index in [1.807, 2.05) is 6.07 Å². The highest BCUT2D eigenvalue weighted by molar-refractivity contribution is 6.29. The van der Waals surface area contributed by atoms with E-state index in [1.54, 1.807) is 13.3 Å². The predicted molar refractivity (Wildman–Crippen MR) is 128 cm³/mol. The zero-order chi connectivity index (χ0) is 22.6. The standard InChI is InChI=1S/C25H31ClN4O2/c1-28-13-15-29(16-14-28)19-21-5-3-20(4-6-21)7-8-22-18-27-24(26)17-23(22)30-11-9-25(31,32-2)10-12-30/h3-6,17-18,31H,9-16,19H2,1-2H3. The first-order valence-electron chi connectivity index (χ1n) is 11.1. The molecule has 1 N–H and O–H groups in total. The number of rotatable bonds is 4. The first kappa shape index (κ1) is 23.0. The molecule has 170 valence electrons. The minimum atomic E-state index is -1.05. The number of methoxy groups -OCH3 is 1. The number of piperazine rings is 1. The minimum absolute atomic E-state index is 0.436. The number of pyridine rings is 1. The molecule has 0 saturated carbocycles. The fourth-order valence-electron chi connectivity index (χ4n) is 4.18. The average Bonchev–Trinajstić information content (AvgIpc) is 2.81. The summed E-state index contributed by atoms with van der Waals surface area (Å²) in [5, 5.41) is 10.8. The Kier molecular flexibility index (Phi) is 7.34. The van der Waals surface area contributed by atoms with Gasteiger partial charge in [0, 0.05) is 83.6 Å². The topological polar surface area (TPSA) is 52.1 Å². The van der Waals surface area contributed by atoms with Gasteiger partial charge in [-0.3, -0.25) is 4.90 Å². The second-order valence-corrected chi connectivity index (χ2v) is 9.08. The van der Waals surface area contributed by atoms with Crippen molar-refractivity contribution < 1.29 is 9.84 Å². The largest absolute Gasteiger partial charge is 0.370 e. The summed E-state index contributed by atoms with van der Waals surface area (Å²) in [6, 6.07) is 10.4. The van der Waals surface area contributed by atoms with Gasteiger partial charge in [0.2, 0.25) is 0 Å². The molecular formula is C25H31ClN4O2. The number of halogens is 1. The molecule has 0 aliphatic carbocycles. The SMILES string of the molecule is COC1(O)CCN(c2cc(Cl)ncc2C#Cc2ccc(CN3CCN(C)CC3)cc2)CC1. The molecule has 3 heterocycles. The highest BCUT2D eigenvalue weighted by Crippen LogP contribution is 2.30. The van der Waals surface area contributed by atoms with Gasteiger partial charge in [0.1, 0.15) is 5.15 Å². The summed E-state index contributed by atoms with van der Waals surface area (Å²) in [5.41, 5.74) is 4.06. The number of likely N-dealkylation sites (N-methyl/N-ethyl adjacent to an activating group) is 1. The van der Waals surface area contributed by atoms with Crippen LogP contribution in [-0.2, 0) is 11.3 Å². The summed E-state index contributed by atoms with van der Waals surface area (Å²) >= 11 is 6.18. The van der Waals surface area contributed by atoms with Gasteiger partial charge >= 0.3 is 0 Å². The van der Waals surface area contributed by atoms with Gasteiger partial charge in [0.15, 0.2) is 5.79 Å². The number of hydrogen-bond acceptors (Lipinski definition) is 6. The van der Waals surface area contributed by atoms with Gasteiger partial charge in [-0.05, 0) is 24.7 Å². The first-order chi connectivity index (χ1) is 15.4. The van der Waals surface area contributed by atoms with Crippen molar-refractivity contribution in [3.05, 3.63) is 58.4 Å². The number of hydrogen-bond donors (Lipinski definition) is 1. The van der Waals surface area contributed by atoms with E-state index in [2.05, 4.69) is 62.8 Å². The quantitative estimate of drug-likeness (QED) is 0.435. The van der Waals surface area contributed by atoms with Gasteiger partial charge in [-0.15, -0.1) is 0 Å². The van der Waals surface area contributed by atoms with Crippen LogP contribution in [0.3, 0.4) is 0 Å². The molecule has 6 nitrogen and oxygen atoms in total. The molecule has 2 aromatic rings. The van der Waals surface area contributed by atoms with Crippen LogP contribution >= 0.6 is 11.6 Å². The van der Waals surface area contributed by atoms with Crippen LogP contribution in [0.5, 0.6) is 0 Å². The number of piperidine rings is 1. The normalized spacial score (nSPS) is 19.4. The highest BCUT2D eigenvalue weighted by Gasteiger charge is 2.32. The maximum atomic E-state index is 10.3. The van der Waals surface area contributed by atoms with Crippen molar-refractivity contribution in [3.8, 4) is 11.8 Å². The predicted octanol–water partition coefficient (Wildman–Crippen LogP) is 2.82.